The average Bonchev–Trinajstić information content (AvgIpc) is 3.12. The molecule has 2 amide bonds. The van der Waals surface area contributed by atoms with Crippen LogP contribution >= 0.6 is 0 Å². The number of aliphatic carboxylic acids is 1. The normalized spacial score (nSPS) is 23.9. The van der Waals surface area contributed by atoms with E-state index >= 15 is 0 Å². The number of methoxy groups -OCH3 is 1. The number of amides is 2. The Morgan fingerprint density at radius 2 is 1.77 bits per heavy atom. The molecule has 7 heteroatoms. The molecular weight excluding hydrogens is 336 g/mol. The molecule has 0 saturated carbocycles. The molecule has 2 fully saturated rings. The highest BCUT2D eigenvalue weighted by molar-refractivity contribution is 5.94. The van der Waals surface area contributed by atoms with Gasteiger partial charge in [0.1, 0.15) is 6.04 Å². The number of benzene rings is 1. The van der Waals surface area contributed by atoms with Gasteiger partial charge >= 0.3 is 5.97 Å². The topological polar surface area (TPSA) is 87.2 Å². The van der Waals surface area contributed by atoms with Crippen LogP contribution in [0.5, 0.6) is 0 Å². The van der Waals surface area contributed by atoms with Crippen molar-refractivity contribution in [1.29, 1.82) is 0 Å². The summed E-state index contributed by atoms with van der Waals surface area (Å²) in [5.74, 6) is -1.40. The first kappa shape index (κ1) is 18.4. The Balaban J connectivity index is 1.60. The summed E-state index contributed by atoms with van der Waals surface area (Å²) in [4.78, 5) is 40.0. The van der Waals surface area contributed by atoms with Gasteiger partial charge in [0, 0.05) is 44.6 Å². The summed E-state index contributed by atoms with van der Waals surface area (Å²) in [5.41, 5.74) is 0.644. The Bertz CT molecular complexity index is 670. The van der Waals surface area contributed by atoms with Gasteiger partial charge in [0.05, 0.1) is 6.10 Å². The van der Waals surface area contributed by atoms with E-state index in [-0.39, 0.29) is 23.8 Å². The lowest BCUT2D eigenvalue weighted by Crippen LogP contribution is -2.47. The molecule has 2 saturated heterocycles. The summed E-state index contributed by atoms with van der Waals surface area (Å²) in [6.45, 7) is 1.32. The second kappa shape index (κ2) is 7.86. The van der Waals surface area contributed by atoms with E-state index in [0.717, 1.165) is 0 Å². The second-order valence-electron chi connectivity index (χ2n) is 6.87. The molecular formula is C19H24N2O5. The maximum atomic E-state index is 12.8. The van der Waals surface area contributed by atoms with Crippen molar-refractivity contribution in [2.45, 2.75) is 31.4 Å². The van der Waals surface area contributed by atoms with E-state index < -0.39 is 12.0 Å². The number of carbonyl (C=O) groups excluding carboxylic acids is 2. The molecule has 26 heavy (non-hydrogen) atoms. The van der Waals surface area contributed by atoms with Crippen molar-refractivity contribution >= 4 is 17.8 Å². The molecule has 2 unspecified atom stereocenters. The van der Waals surface area contributed by atoms with E-state index in [0.29, 0.717) is 44.5 Å². The van der Waals surface area contributed by atoms with E-state index in [1.807, 2.05) is 18.2 Å². The van der Waals surface area contributed by atoms with Crippen LogP contribution in [0.15, 0.2) is 30.3 Å². The van der Waals surface area contributed by atoms with Gasteiger partial charge in [-0.05, 0) is 25.0 Å². The molecule has 140 valence electrons. The SMILES string of the molecule is COC1CC(C(=O)O)N(C(=O)C2CCN(C(=O)c3ccccc3)CC2)C1. The number of likely N-dealkylation sites (tertiary alicyclic amines) is 2. The molecule has 0 aliphatic carbocycles. The van der Waals surface area contributed by atoms with Gasteiger partial charge in [0.15, 0.2) is 0 Å². The minimum absolute atomic E-state index is 0.0273. The van der Waals surface area contributed by atoms with Crippen molar-refractivity contribution in [3.8, 4) is 0 Å². The molecule has 2 atom stereocenters. The van der Waals surface area contributed by atoms with Crippen LogP contribution in [0.25, 0.3) is 0 Å². The number of carboxylic acid groups (broad SMARTS) is 1. The van der Waals surface area contributed by atoms with Crippen LogP contribution < -0.4 is 0 Å². The van der Waals surface area contributed by atoms with Crippen molar-refractivity contribution in [2.75, 3.05) is 26.7 Å². The summed E-state index contributed by atoms with van der Waals surface area (Å²) < 4.78 is 5.25. The molecule has 0 bridgehead atoms. The summed E-state index contributed by atoms with van der Waals surface area (Å²) in [6.07, 6.45) is 1.19. The maximum Gasteiger partial charge on any atom is 0.326 e. The molecule has 3 rings (SSSR count). The average molecular weight is 360 g/mol. The zero-order chi connectivity index (χ0) is 18.7. The number of hydrogen-bond acceptors (Lipinski definition) is 4. The van der Waals surface area contributed by atoms with Gasteiger partial charge in [-0.2, -0.15) is 0 Å². The third kappa shape index (κ3) is 3.72. The van der Waals surface area contributed by atoms with Gasteiger partial charge in [-0.25, -0.2) is 4.79 Å². The Hall–Kier alpha value is -2.41. The van der Waals surface area contributed by atoms with Gasteiger partial charge < -0.3 is 19.6 Å². The van der Waals surface area contributed by atoms with E-state index in [9.17, 15) is 19.5 Å². The Morgan fingerprint density at radius 3 is 2.35 bits per heavy atom. The lowest BCUT2D eigenvalue weighted by Gasteiger charge is -2.34. The molecule has 0 radical (unpaired) electrons. The van der Waals surface area contributed by atoms with Crippen LogP contribution in [-0.4, -0.2) is 71.6 Å². The summed E-state index contributed by atoms with van der Waals surface area (Å²) in [5, 5.41) is 9.38. The van der Waals surface area contributed by atoms with Crippen LogP contribution in [-0.2, 0) is 14.3 Å². The van der Waals surface area contributed by atoms with E-state index in [1.54, 1.807) is 17.0 Å². The van der Waals surface area contributed by atoms with E-state index in [1.165, 1.54) is 12.0 Å². The molecule has 2 aliphatic heterocycles. The summed E-state index contributed by atoms with van der Waals surface area (Å²) in [6, 6.07) is 8.27. The monoisotopic (exact) mass is 360 g/mol. The van der Waals surface area contributed by atoms with Crippen LogP contribution in [0.4, 0.5) is 0 Å². The number of piperidine rings is 1. The van der Waals surface area contributed by atoms with Crippen LogP contribution in [0, 0.1) is 5.92 Å². The van der Waals surface area contributed by atoms with E-state index in [4.69, 9.17) is 4.74 Å². The maximum absolute atomic E-state index is 12.8. The van der Waals surface area contributed by atoms with Crippen LogP contribution in [0.3, 0.4) is 0 Å². The largest absolute Gasteiger partial charge is 0.480 e. The predicted octanol–water partition coefficient (Wildman–Crippen LogP) is 1.24. The van der Waals surface area contributed by atoms with Crippen molar-refractivity contribution in [2.24, 2.45) is 5.92 Å². The third-order valence-corrected chi connectivity index (χ3v) is 5.32. The van der Waals surface area contributed by atoms with Gasteiger partial charge in [-0.15, -0.1) is 0 Å². The molecule has 2 aliphatic rings. The molecule has 0 aromatic heterocycles. The van der Waals surface area contributed by atoms with Crippen molar-refractivity contribution < 1.29 is 24.2 Å². The lowest BCUT2D eigenvalue weighted by molar-refractivity contribution is -0.150. The van der Waals surface area contributed by atoms with E-state index in [2.05, 4.69) is 0 Å². The van der Waals surface area contributed by atoms with Crippen molar-refractivity contribution in [3.05, 3.63) is 35.9 Å². The standard InChI is InChI=1S/C19H24N2O5/c1-26-15-11-16(19(24)25)21(12-15)18(23)14-7-9-20(10-8-14)17(22)13-5-3-2-4-6-13/h2-6,14-16H,7-12H2,1H3,(H,24,25). The van der Waals surface area contributed by atoms with Crippen molar-refractivity contribution in [3.63, 3.8) is 0 Å². The lowest BCUT2D eigenvalue weighted by atomic mass is 9.94. The third-order valence-electron chi connectivity index (χ3n) is 5.32. The van der Waals surface area contributed by atoms with Crippen molar-refractivity contribution in [1.82, 2.24) is 9.80 Å². The highest BCUT2D eigenvalue weighted by Crippen LogP contribution is 2.27. The first-order valence-corrected chi connectivity index (χ1v) is 8.91. The minimum Gasteiger partial charge on any atom is -0.480 e. The highest BCUT2D eigenvalue weighted by Gasteiger charge is 2.42. The predicted molar refractivity (Wildman–Crippen MR) is 93.6 cm³/mol. The molecule has 1 N–H and O–H groups in total. The zero-order valence-corrected chi connectivity index (χ0v) is 14.8. The molecule has 0 spiro atoms. The molecule has 7 nitrogen and oxygen atoms in total. The van der Waals surface area contributed by atoms with Gasteiger partial charge in [-0.3, -0.25) is 9.59 Å². The number of ether oxygens (including phenoxy) is 1. The Morgan fingerprint density at radius 1 is 1.12 bits per heavy atom. The summed E-state index contributed by atoms with van der Waals surface area (Å²) in [7, 11) is 1.53. The molecule has 1 aromatic rings. The van der Waals surface area contributed by atoms with Crippen LogP contribution in [0.1, 0.15) is 29.6 Å². The number of carboxylic acids is 1. The quantitative estimate of drug-likeness (QED) is 0.873. The first-order chi connectivity index (χ1) is 12.5. The number of rotatable bonds is 4. The summed E-state index contributed by atoms with van der Waals surface area (Å²) >= 11 is 0. The zero-order valence-electron chi connectivity index (χ0n) is 14.8. The van der Waals surface area contributed by atoms with Gasteiger partial charge in [0.25, 0.3) is 5.91 Å². The first-order valence-electron chi connectivity index (χ1n) is 8.91. The van der Waals surface area contributed by atoms with Crippen LogP contribution in [0.2, 0.25) is 0 Å². The fraction of sp³-hybridized carbons (Fsp3) is 0.526. The fourth-order valence-electron chi connectivity index (χ4n) is 3.77. The van der Waals surface area contributed by atoms with Gasteiger partial charge in [-0.1, -0.05) is 18.2 Å². The Labute approximate surface area is 152 Å². The Kier molecular flexibility index (Phi) is 5.56. The number of nitrogens with zero attached hydrogens (tertiary/aromatic N) is 2. The number of hydrogen-bond donors (Lipinski definition) is 1. The fourth-order valence-corrected chi connectivity index (χ4v) is 3.77. The highest BCUT2D eigenvalue weighted by atomic mass is 16.5. The number of carbonyl (C=O) groups is 3. The minimum atomic E-state index is -0.991. The molecule has 1 aromatic carbocycles. The molecule has 2 heterocycles. The smallest absolute Gasteiger partial charge is 0.326 e. The van der Waals surface area contributed by atoms with Gasteiger partial charge in [0.2, 0.25) is 5.91 Å². The second-order valence-corrected chi connectivity index (χ2v) is 6.87.